The summed E-state index contributed by atoms with van der Waals surface area (Å²) in [5, 5.41) is 0. The number of hydrogen-bond acceptors (Lipinski definition) is 5. The molecule has 152 valence electrons. The minimum atomic E-state index is -3.86. The van der Waals surface area contributed by atoms with E-state index in [2.05, 4.69) is 0 Å². The fourth-order valence-corrected chi connectivity index (χ4v) is 4.04. The van der Waals surface area contributed by atoms with Gasteiger partial charge in [-0.2, -0.15) is 4.31 Å². The van der Waals surface area contributed by atoms with Crippen molar-refractivity contribution in [1.29, 1.82) is 0 Å². The van der Waals surface area contributed by atoms with Crippen molar-refractivity contribution in [3.63, 3.8) is 0 Å². The molecule has 0 atom stereocenters. The van der Waals surface area contributed by atoms with E-state index < -0.39 is 33.2 Å². The predicted octanol–water partition coefficient (Wildman–Crippen LogP) is 3.36. The maximum Gasteiger partial charge on any atom is 0.341 e. The highest BCUT2D eigenvalue weighted by Gasteiger charge is 2.24. The molecule has 6 nitrogen and oxygen atoms in total. The first-order valence-corrected chi connectivity index (χ1v) is 9.97. The smallest absolute Gasteiger partial charge is 0.341 e. The second-order valence-corrected chi connectivity index (χ2v) is 7.71. The predicted molar refractivity (Wildman–Crippen MR) is 98.6 cm³/mol. The summed E-state index contributed by atoms with van der Waals surface area (Å²) in [6, 6.07) is 6.94. The summed E-state index contributed by atoms with van der Waals surface area (Å²) in [5.74, 6) is -2.56. The third-order valence-corrected chi connectivity index (χ3v) is 6.13. The zero-order valence-corrected chi connectivity index (χ0v) is 16.6. The molecule has 0 amide bonds. The van der Waals surface area contributed by atoms with Crippen LogP contribution in [0.3, 0.4) is 0 Å². The summed E-state index contributed by atoms with van der Waals surface area (Å²) in [5.41, 5.74) is -0.179. The third kappa shape index (κ3) is 4.66. The Morgan fingerprint density at radius 1 is 1.04 bits per heavy atom. The number of sulfonamides is 1. The van der Waals surface area contributed by atoms with Crippen LogP contribution < -0.4 is 4.74 Å². The lowest BCUT2D eigenvalue weighted by Crippen LogP contribution is -2.30. The van der Waals surface area contributed by atoms with Crippen LogP contribution in [0.25, 0.3) is 0 Å². The van der Waals surface area contributed by atoms with Crippen LogP contribution in [-0.2, 0) is 21.4 Å². The molecule has 0 unspecified atom stereocenters. The van der Waals surface area contributed by atoms with E-state index in [0.29, 0.717) is 5.56 Å². The molecule has 0 heterocycles. The molecule has 2 aromatic carbocycles. The van der Waals surface area contributed by atoms with Gasteiger partial charge in [-0.25, -0.2) is 22.0 Å². The van der Waals surface area contributed by atoms with E-state index in [1.165, 1.54) is 23.5 Å². The van der Waals surface area contributed by atoms with E-state index in [-0.39, 0.29) is 30.3 Å². The maximum absolute atomic E-state index is 14.1. The van der Waals surface area contributed by atoms with E-state index in [9.17, 15) is 22.0 Å². The van der Waals surface area contributed by atoms with Gasteiger partial charge in [-0.15, -0.1) is 0 Å². The number of methoxy groups -OCH3 is 1. The molecular weight excluding hydrogens is 392 g/mol. The first kappa shape index (κ1) is 21.8. The van der Waals surface area contributed by atoms with Crippen molar-refractivity contribution in [3.8, 4) is 5.75 Å². The average molecular weight is 413 g/mol. The molecule has 0 aliphatic rings. The van der Waals surface area contributed by atoms with Crippen LogP contribution in [0, 0.1) is 11.6 Å². The van der Waals surface area contributed by atoms with Crippen molar-refractivity contribution in [2.24, 2.45) is 0 Å². The summed E-state index contributed by atoms with van der Waals surface area (Å²) in [6.07, 6.45) is 0. The van der Waals surface area contributed by atoms with Crippen molar-refractivity contribution in [3.05, 3.63) is 59.2 Å². The van der Waals surface area contributed by atoms with Crippen LogP contribution in [0.2, 0.25) is 0 Å². The van der Waals surface area contributed by atoms with Crippen molar-refractivity contribution in [2.75, 3.05) is 20.2 Å². The number of hydrogen-bond donors (Lipinski definition) is 0. The number of halogens is 2. The number of carbonyl (C=O) groups is 1. The van der Waals surface area contributed by atoms with E-state index in [4.69, 9.17) is 9.47 Å². The van der Waals surface area contributed by atoms with Gasteiger partial charge in [0.05, 0.1) is 17.6 Å². The fraction of sp³-hybridized carbons (Fsp3) is 0.316. The van der Waals surface area contributed by atoms with Gasteiger partial charge in [-0.3, -0.25) is 0 Å². The second kappa shape index (κ2) is 9.11. The number of ether oxygens (including phenoxy) is 2. The van der Waals surface area contributed by atoms with Crippen LogP contribution in [0.15, 0.2) is 41.3 Å². The normalized spacial score (nSPS) is 11.5. The molecule has 0 aromatic heterocycles. The van der Waals surface area contributed by atoms with Crippen LogP contribution in [-0.4, -0.2) is 38.9 Å². The Morgan fingerprint density at radius 3 is 2.29 bits per heavy atom. The van der Waals surface area contributed by atoms with Gasteiger partial charge in [-0.1, -0.05) is 19.9 Å². The minimum Gasteiger partial charge on any atom is -0.494 e. The Kier molecular flexibility index (Phi) is 7.09. The van der Waals surface area contributed by atoms with Crippen molar-refractivity contribution < 1.29 is 31.5 Å². The molecule has 0 aliphatic heterocycles. The van der Waals surface area contributed by atoms with Crippen molar-refractivity contribution in [1.82, 2.24) is 4.31 Å². The molecule has 9 heteroatoms. The van der Waals surface area contributed by atoms with E-state index in [1.807, 2.05) is 0 Å². The van der Waals surface area contributed by atoms with E-state index >= 15 is 0 Å². The van der Waals surface area contributed by atoms with Crippen LogP contribution in [0.5, 0.6) is 5.75 Å². The molecule has 0 bridgehead atoms. The minimum absolute atomic E-state index is 0.0374. The van der Waals surface area contributed by atoms with Gasteiger partial charge in [0.1, 0.15) is 12.4 Å². The summed E-state index contributed by atoms with van der Waals surface area (Å²) in [6.45, 7) is 3.51. The van der Waals surface area contributed by atoms with Gasteiger partial charge >= 0.3 is 5.97 Å². The van der Waals surface area contributed by atoms with Gasteiger partial charge in [0, 0.05) is 13.1 Å². The van der Waals surface area contributed by atoms with Crippen molar-refractivity contribution in [2.45, 2.75) is 25.3 Å². The quantitative estimate of drug-likeness (QED) is 0.621. The number of rotatable bonds is 8. The zero-order valence-electron chi connectivity index (χ0n) is 15.7. The molecule has 0 saturated carbocycles. The lowest BCUT2D eigenvalue weighted by Gasteiger charge is -2.18. The Balaban J connectivity index is 2.22. The summed E-state index contributed by atoms with van der Waals surface area (Å²) < 4.78 is 63.9. The highest BCUT2D eigenvalue weighted by atomic mass is 32.2. The maximum atomic E-state index is 14.1. The number of benzene rings is 2. The lowest BCUT2D eigenvalue weighted by atomic mass is 10.2. The fourth-order valence-electron chi connectivity index (χ4n) is 2.56. The van der Waals surface area contributed by atoms with Crippen LogP contribution >= 0.6 is 0 Å². The number of esters is 1. The first-order valence-electron chi connectivity index (χ1n) is 8.53. The topological polar surface area (TPSA) is 72.9 Å². The van der Waals surface area contributed by atoms with Crippen LogP contribution in [0.4, 0.5) is 8.78 Å². The van der Waals surface area contributed by atoms with E-state index in [0.717, 1.165) is 24.3 Å². The van der Waals surface area contributed by atoms with E-state index in [1.54, 1.807) is 13.8 Å². The Morgan fingerprint density at radius 2 is 1.71 bits per heavy atom. The molecule has 0 saturated heterocycles. The molecule has 0 N–H and O–H groups in total. The SMILES string of the molecule is CCN(CC)S(=O)(=O)c1ccc(F)c(C(=O)OCc2ccc(OC)c(F)c2)c1. The highest BCUT2D eigenvalue weighted by Crippen LogP contribution is 2.21. The lowest BCUT2D eigenvalue weighted by molar-refractivity contribution is 0.0466. The van der Waals surface area contributed by atoms with Gasteiger partial charge < -0.3 is 9.47 Å². The number of nitrogens with zero attached hydrogens (tertiary/aromatic N) is 1. The van der Waals surface area contributed by atoms with Gasteiger partial charge in [-0.05, 0) is 35.9 Å². The molecular formula is C19H21F2NO5S. The third-order valence-electron chi connectivity index (χ3n) is 4.09. The molecule has 2 aromatic rings. The Labute approximate surface area is 162 Å². The Bertz CT molecular complexity index is 959. The molecule has 0 fully saturated rings. The van der Waals surface area contributed by atoms with Crippen LogP contribution in [0.1, 0.15) is 29.8 Å². The van der Waals surface area contributed by atoms with Gasteiger partial charge in [0.2, 0.25) is 10.0 Å². The summed E-state index contributed by atoms with van der Waals surface area (Å²) in [7, 11) is -2.54. The molecule has 0 radical (unpaired) electrons. The molecule has 28 heavy (non-hydrogen) atoms. The van der Waals surface area contributed by atoms with Gasteiger partial charge in [0.25, 0.3) is 0 Å². The van der Waals surface area contributed by atoms with Crippen molar-refractivity contribution >= 4 is 16.0 Å². The standard InChI is InChI=1S/C19H21F2NO5S/c1-4-22(5-2)28(24,25)14-7-8-16(20)15(11-14)19(23)27-12-13-6-9-18(26-3)17(21)10-13/h6-11H,4-5,12H2,1-3H3. The average Bonchev–Trinajstić information content (AvgIpc) is 2.67. The summed E-state index contributed by atoms with van der Waals surface area (Å²) >= 11 is 0. The molecule has 0 aliphatic carbocycles. The summed E-state index contributed by atoms with van der Waals surface area (Å²) in [4.78, 5) is 12.0. The zero-order chi connectivity index (χ0) is 20.9. The molecule has 2 rings (SSSR count). The highest BCUT2D eigenvalue weighted by molar-refractivity contribution is 7.89. The van der Waals surface area contributed by atoms with Gasteiger partial charge in [0.15, 0.2) is 11.6 Å². The molecule has 0 spiro atoms. The monoisotopic (exact) mass is 413 g/mol. The number of carbonyl (C=O) groups excluding carboxylic acids is 1. The second-order valence-electron chi connectivity index (χ2n) is 5.78. The first-order chi connectivity index (χ1) is 13.2. The Hall–Kier alpha value is -2.52. The largest absolute Gasteiger partial charge is 0.494 e.